The van der Waals surface area contributed by atoms with Gasteiger partial charge in [-0.2, -0.15) is 0 Å². The summed E-state index contributed by atoms with van der Waals surface area (Å²) in [5, 5.41) is 6.16. The Morgan fingerprint density at radius 3 is 2.77 bits per heavy atom. The maximum absolute atomic E-state index is 12.2. The molecule has 2 N–H and O–H groups in total. The number of carbonyl (C=O) groups excluding carboxylic acids is 1. The van der Waals surface area contributed by atoms with Crippen LogP contribution in [0.15, 0.2) is 61.1 Å². The van der Waals surface area contributed by atoms with Gasteiger partial charge in [0, 0.05) is 37.2 Å². The van der Waals surface area contributed by atoms with Gasteiger partial charge in [0.25, 0.3) is 0 Å². The number of hydrogen-bond acceptors (Lipinski definition) is 4. The van der Waals surface area contributed by atoms with Crippen molar-refractivity contribution in [1.29, 1.82) is 0 Å². The van der Waals surface area contributed by atoms with Gasteiger partial charge in [0.15, 0.2) is 5.65 Å². The van der Waals surface area contributed by atoms with Gasteiger partial charge in [-0.1, -0.05) is 17.7 Å². The minimum Gasteiger partial charge on any atom is -0.338 e. The van der Waals surface area contributed by atoms with Crippen LogP contribution in [0.2, 0.25) is 5.02 Å². The summed E-state index contributed by atoms with van der Waals surface area (Å²) in [5.74, 6) is 0.835. The van der Waals surface area contributed by atoms with Crippen LogP contribution in [-0.2, 0) is 6.54 Å². The number of anilines is 1. The van der Waals surface area contributed by atoms with Crippen LogP contribution in [0.3, 0.4) is 0 Å². The molecule has 0 fully saturated rings. The number of aryl methyl sites for hydroxylation is 2. The number of imidazole rings is 1. The van der Waals surface area contributed by atoms with Crippen molar-refractivity contribution in [3.8, 4) is 11.4 Å². The molecule has 0 bridgehead atoms. The third-order valence-electron chi connectivity index (χ3n) is 4.66. The highest BCUT2D eigenvalue weighted by Crippen LogP contribution is 2.24. The third-order valence-corrected chi connectivity index (χ3v) is 4.97. The van der Waals surface area contributed by atoms with Crippen molar-refractivity contribution in [3.63, 3.8) is 0 Å². The predicted molar refractivity (Wildman–Crippen MR) is 119 cm³/mol. The summed E-state index contributed by atoms with van der Waals surface area (Å²) in [5.41, 5.74) is 4.26. The zero-order chi connectivity index (χ0) is 20.9. The Balaban J connectivity index is 1.41. The lowest BCUT2D eigenvalue weighted by Crippen LogP contribution is -2.30. The molecule has 0 aliphatic rings. The molecule has 8 heteroatoms. The van der Waals surface area contributed by atoms with E-state index >= 15 is 0 Å². The van der Waals surface area contributed by atoms with E-state index in [2.05, 4.69) is 25.2 Å². The number of nitrogens with zero attached hydrogens (tertiary/aromatic N) is 4. The number of benzene rings is 1. The van der Waals surface area contributed by atoms with E-state index in [0.29, 0.717) is 23.8 Å². The zero-order valence-electron chi connectivity index (χ0n) is 16.5. The molecular weight excluding hydrogens is 400 g/mol. The maximum atomic E-state index is 12.2. The van der Waals surface area contributed by atoms with Crippen molar-refractivity contribution in [2.24, 2.45) is 0 Å². The highest BCUT2D eigenvalue weighted by atomic mass is 35.5. The molecule has 4 aromatic rings. The molecule has 0 aliphatic carbocycles. The molecule has 0 saturated carbocycles. The molecule has 0 spiro atoms. The second kappa shape index (κ2) is 8.92. The van der Waals surface area contributed by atoms with Crippen molar-refractivity contribution in [2.45, 2.75) is 19.9 Å². The lowest BCUT2D eigenvalue weighted by atomic mass is 10.2. The maximum Gasteiger partial charge on any atom is 0.319 e. The van der Waals surface area contributed by atoms with Gasteiger partial charge < -0.3 is 15.2 Å². The number of carbonyl (C=O) groups is 1. The van der Waals surface area contributed by atoms with Gasteiger partial charge in [-0.15, -0.1) is 0 Å². The summed E-state index contributed by atoms with van der Waals surface area (Å²) in [7, 11) is 0. The Morgan fingerprint density at radius 1 is 1.13 bits per heavy atom. The van der Waals surface area contributed by atoms with Gasteiger partial charge in [-0.25, -0.2) is 14.8 Å². The Kier molecular flexibility index (Phi) is 5.90. The van der Waals surface area contributed by atoms with Gasteiger partial charge in [0.05, 0.1) is 10.7 Å². The fraction of sp³-hybridized carbons (Fsp3) is 0.182. The minimum absolute atomic E-state index is 0.288. The van der Waals surface area contributed by atoms with E-state index in [1.54, 1.807) is 24.7 Å². The molecule has 0 aliphatic heterocycles. The molecule has 0 radical (unpaired) electrons. The monoisotopic (exact) mass is 420 g/mol. The summed E-state index contributed by atoms with van der Waals surface area (Å²) < 4.78 is 2.07. The normalized spacial score (nSPS) is 10.9. The van der Waals surface area contributed by atoms with Crippen LogP contribution in [-0.4, -0.2) is 32.1 Å². The number of hydrogen-bond donors (Lipinski definition) is 2. The van der Waals surface area contributed by atoms with Crippen LogP contribution >= 0.6 is 11.6 Å². The van der Waals surface area contributed by atoms with E-state index in [9.17, 15) is 4.79 Å². The largest absolute Gasteiger partial charge is 0.338 e. The molecule has 152 valence electrons. The van der Waals surface area contributed by atoms with Crippen molar-refractivity contribution < 1.29 is 4.79 Å². The molecule has 4 rings (SSSR count). The first kappa shape index (κ1) is 19.8. The second-order valence-electron chi connectivity index (χ2n) is 6.89. The number of nitrogens with one attached hydrogen (secondary N) is 2. The first-order valence-corrected chi connectivity index (χ1v) is 10.0. The SMILES string of the molecule is Cc1ccc(NC(=O)NCCCn2c(-c3ccncc3)nc3cccnc32)c(Cl)c1. The van der Waals surface area contributed by atoms with E-state index in [-0.39, 0.29) is 6.03 Å². The molecule has 7 nitrogen and oxygen atoms in total. The molecule has 0 unspecified atom stereocenters. The van der Waals surface area contributed by atoms with Crippen molar-refractivity contribution in [3.05, 3.63) is 71.6 Å². The fourth-order valence-electron chi connectivity index (χ4n) is 3.22. The average molecular weight is 421 g/mol. The summed E-state index contributed by atoms with van der Waals surface area (Å²) in [4.78, 5) is 25.5. The fourth-order valence-corrected chi connectivity index (χ4v) is 3.50. The number of aromatic nitrogens is 4. The van der Waals surface area contributed by atoms with Gasteiger partial charge in [0.2, 0.25) is 0 Å². The summed E-state index contributed by atoms with van der Waals surface area (Å²) >= 11 is 6.17. The smallest absolute Gasteiger partial charge is 0.319 e. The lowest BCUT2D eigenvalue weighted by molar-refractivity contribution is 0.252. The van der Waals surface area contributed by atoms with E-state index < -0.39 is 0 Å². The Hall–Kier alpha value is -3.45. The quantitative estimate of drug-likeness (QED) is 0.444. The van der Waals surface area contributed by atoms with E-state index in [4.69, 9.17) is 16.6 Å². The molecule has 3 aromatic heterocycles. The van der Waals surface area contributed by atoms with Gasteiger partial charge >= 0.3 is 6.03 Å². The Morgan fingerprint density at radius 2 is 1.97 bits per heavy atom. The van der Waals surface area contributed by atoms with Gasteiger partial charge in [-0.3, -0.25) is 4.98 Å². The van der Waals surface area contributed by atoms with E-state index in [1.165, 1.54) is 0 Å². The molecule has 0 atom stereocenters. The van der Waals surface area contributed by atoms with Crippen LogP contribution in [0.4, 0.5) is 10.5 Å². The van der Waals surface area contributed by atoms with Crippen molar-refractivity contribution >= 4 is 34.5 Å². The zero-order valence-corrected chi connectivity index (χ0v) is 17.2. The molecule has 3 heterocycles. The van der Waals surface area contributed by atoms with Crippen LogP contribution in [0.1, 0.15) is 12.0 Å². The highest BCUT2D eigenvalue weighted by molar-refractivity contribution is 6.33. The standard InChI is InChI=1S/C22H21ClN6O/c1-15-5-6-18(17(23)14-15)28-22(30)26-10-3-13-29-20(16-7-11-24-12-8-16)27-19-4-2-9-25-21(19)29/h2,4-9,11-12,14H,3,10,13H2,1H3,(H2,26,28,30). The number of fused-ring (bicyclic) bond motifs is 1. The average Bonchev–Trinajstić information content (AvgIpc) is 3.12. The molecule has 2 amide bonds. The number of urea groups is 1. The molecule has 30 heavy (non-hydrogen) atoms. The number of halogens is 1. The van der Waals surface area contributed by atoms with Crippen LogP contribution in [0.25, 0.3) is 22.6 Å². The topological polar surface area (TPSA) is 84.7 Å². The first-order valence-electron chi connectivity index (χ1n) is 9.64. The predicted octanol–water partition coefficient (Wildman–Crippen LogP) is 4.67. The number of amides is 2. The summed E-state index contributed by atoms with van der Waals surface area (Å²) in [6.45, 7) is 3.11. The van der Waals surface area contributed by atoms with Crippen LogP contribution in [0, 0.1) is 6.92 Å². The van der Waals surface area contributed by atoms with Crippen molar-refractivity contribution in [1.82, 2.24) is 24.8 Å². The molecule has 1 aromatic carbocycles. The van der Waals surface area contributed by atoms with Crippen LogP contribution in [0.5, 0.6) is 0 Å². The Labute approximate surface area is 179 Å². The summed E-state index contributed by atoms with van der Waals surface area (Å²) in [6.07, 6.45) is 5.96. The number of rotatable bonds is 6. The molecular formula is C22H21ClN6O. The summed E-state index contributed by atoms with van der Waals surface area (Å²) in [6, 6.07) is 12.9. The van der Waals surface area contributed by atoms with Gasteiger partial charge in [0.1, 0.15) is 11.3 Å². The second-order valence-corrected chi connectivity index (χ2v) is 7.29. The first-order chi connectivity index (χ1) is 14.6. The Bertz CT molecular complexity index is 1170. The van der Waals surface area contributed by atoms with E-state index in [1.807, 2.05) is 43.3 Å². The highest BCUT2D eigenvalue weighted by Gasteiger charge is 2.13. The lowest BCUT2D eigenvalue weighted by Gasteiger charge is -2.11. The third kappa shape index (κ3) is 4.41. The number of pyridine rings is 2. The van der Waals surface area contributed by atoms with E-state index in [0.717, 1.165) is 34.5 Å². The molecule has 0 saturated heterocycles. The minimum atomic E-state index is -0.288. The van der Waals surface area contributed by atoms with Crippen molar-refractivity contribution in [2.75, 3.05) is 11.9 Å². The van der Waals surface area contributed by atoms with Gasteiger partial charge in [-0.05, 0) is 55.3 Å². The van der Waals surface area contributed by atoms with Crippen LogP contribution < -0.4 is 10.6 Å².